The van der Waals surface area contributed by atoms with E-state index in [1.807, 2.05) is 58.0 Å². The van der Waals surface area contributed by atoms with Crippen LogP contribution in [-0.2, 0) is 19.1 Å². The molecule has 50 heavy (non-hydrogen) atoms. The van der Waals surface area contributed by atoms with Gasteiger partial charge in [-0.25, -0.2) is 0 Å². The van der Waals surface area contributed by atoms with Crippen molar-refractivity contribution >= 4 is 32.4 Å². The molecular formula is C39H55NO9S. The van der Waals surface area contributed by atoms with Crippen LogP contribution in [-0.4, -0.2) is 89.9 Å². The van der Waals surface area contributed by atoms with E-state index in [0.717, 1.165) is 11.1 Å². The van der Waals surface area contributed by atoms with Crippen LogP contribution in [0.4, 0.5) is 5.69 Å². The summed E-state index contributed by atoms with van der Waals surface area (Å²) < 4.78 is 32.2. The minimum atomic E-state index is -4.08. The molecule has 10 nitrogen and oxygen atoms in total. The van der Waals surface area contributed by atoms with Crippen molar-refractivity contribution in [2.24, 2.45) is 34.5 Å². The summed E-state index contributed by atoms with van der Waals surface area (Å²) in [5.74, 6) is -1.41. The summed E-state index contributed by atoms with van der Waals surface area (Å²) in [7, 11) is -0.274. The fourth-order valence-electron chi connectivity index (χ4n) is 10.5. The second-order valence-corrected chi connectivity index (χ2v) is 18.4. The van der Waals surface area contributed by atoms with Crippen molar-refractivity contribution in [1.29, 1.82) is 0 Å². The van der Waals surface area contributed by atoms with E-state index in [4.69, 9.17) is 4.18 Å². The van der Waals surface area contributed by atoms with Gasteiger partial charge in [-0.15, -0.1) is 0 Å². The summed E-state index contributed by atoms with van der Waals surface area (Å²) >= 11 is 0. The molecule has 0 bridgehead atoms. The van der Waals surface area contributed by atoms with Crippen LogP contribution in [0.25, 0.3) is 10.8 Å². The number of hydrogen-bond donors (Lipinski definition) is 5. The SMILES string of the molecule is CC(CC[C@@H](O)[C@@](C)(O)C1CC[C@@]2(O)C3=CC(=O)[C@@H]4C[C@@H](O)[C@@H](O)CC4(C)C3CCC12C)COS(=O)(=O)c1cccc2c(N(C)C)cccc12. The Morgan fingerprint density at radius 2 is 1.68 bits per heavy atom. The maximum absolute atomic E-state index is 13.5. The first-order chi connectivity index (χ1) is 23.3. The fourth-order valence-corrected chi connectivity index (χ4v) is 11.7. The van der Waals surface area contributed by atoms with E-state index in [2.05, 4.69) is 0 Å². The molecule has 0 radical (unpaired) electrons. The third kappa shape index (κ3) is 5.85. The number of rotatable bonds is 10. The quantitative estimate of drug-likeness (QED) is 0.224. The Morgan fingerprint density at radius 3 is 2.38 bits per heavy atom. The molecule has 0 spiro atoms. The van der Waals surface area contributed by atoms with Crippen LogP contribution in [0.2, 0.25) is 0 Å². The Bertz CT molecular complexity index is 1770. The number of aliphatic hydroxyl groups is 5. The molecule has 5 unspecified atom stereocenters. The topological polar surface area (TPSA) is 165 Å². The molecule has 0 amide bonds. The molecule has 4 aliphatic rings. The number of nitrogens with zero attached hydrogens (tertiary/aromatic N) is 1. The lowest BCUT2D eigenvalue weighted by molar-refractivity contribution is -0.176. The minimum absolute atomic E-state index is 0.0864. The van der Waals surface area contributed by atoms with Crippen LogP contribution in [0.1, 0.15) is 79.1 Å². The maximum atomic E-state index is 13.5. The largest absolute Gasteiger partial charge is 0.390 e. The van der Waals surface area contributed by atoms with Crippen LogP contribution >= 0.6 is 0 Å². The summed E-state index contributed by atoms with van der Waals surface area (Å²) in [5, 5.41) is 58.3. The first-order valence-corrected chi connectivity index (χ1v) is 19.5. The van der Waals surface area contributed by atoms with Crippen molar-refractivity contribution in [3.63, 3.8) is 0 Å². The van der Waals surface area contributed by atoms with Gasteiger partial charge < -0.3 is 30.4 Å². The third-order valence-corrected chi connectivity index (χ3v) is 14.9. The highest BCUT2D eigenvalue weighted by Crippen LogP contribution is 2.68. The van der Waals surface area contributed by atoms with E-state index in [-0.39, 0.29) is 48.4 Å². The number of anilines is 1. The lowest BCUT2D eigenvalue weighted by atomic mass is 9.45. The minimum Gasteiger partial charge on any atom is -0.390 e. The number of benzene rings is 2. The fraction of sp³-hybridized carbons (Fsp3) is 0.667. The van der Waals surface area contributed by atoms with E-state index >= 15 is 0 Å². The summed E-state index contributed by atoms with van der Waals surface area (Å²) in [6.45, 7) is 7.34. The number of carbonyl (C=O) groups excluding carboxylic acids is 1. The molecule has 0 saturated heterocycles. The van der Waals surface area contributed by atoms with Crippen LogP contribution in [0.5, 0.6) is 0 Å². The Balaban J connectivity index is 1.13. The Hall–Kier alpha value is -2.38. The number of carbonyl (C=O) groups is 1. The lowest BCUT2D eigenvalue weighted by Gasteiger charge is -2.60. The maximum Gasteiger partial charge on any atom is 0.297 e. The summed E-state index contributed by atoms with van der Waals surface area (Å²) in [5.41, 5.74) is -2.77. The average molecular weight is 714 g/mol. The van der Waals surface area contributed by atoms with Gasteiger partial charge in [0, 0.05) is 41.9 Å². The van der Waals surface area contributed by atoms with Gasteiger partial charge in [0.2, 0.25) is 0 Å². The number of aliphatic hydroxyl groups excluding tert-OH is 3. The number of hydrogen-bond acceptors (Lipinski definition) is 10. The molecule has 5 N–H and O–H groups in total. The second-order valence-electron chi connectivity index (χ2n) is 16.8. The molecule has 3 fully saturated rings. The lowest BCUT2D eigenvalue weighted by Crippen LogP contribution is -2.62. The van der Waals surface area contributed by atoms with Gasteiger partial charge in [-0.1, -0.05) is 45.0 Å². The molecule has 4 aliphatic carbocycles. The predicted octanol–water partition coefficient (Wildman–Crippen LogP) is 4.34. The van der Waals surface area contributed by atoms with E-state index in [1.54, 1.807) is 31.2 Å². The van der Waals surface area contributed by atoms with Gasteiger partial charge in [-0.2, -0.15) is 8.42 Å². The van der Waals surface area contributed by atoms with Crippen LogP contribution in [0.3, 0.4) is 0 Å². The molecule has 3 saturated carbocycles. The Morgan fingerprint density at radius 1 is 1.00 bits per heavy atom. The van der Waals surface area contributed by atoms with Crippen molar-refractivity contribution in [3.05, 3.63) is 48.0 Å². The smallest absolute Gasteiger partial charge is 0.297 e. The highest BCUT2D eigenvalue weighted by molar-refractivity contribution is 7.87. The number of ketones is 1. The van der Waals surface area contributed by atoms with Crippen LogP contribution < -0.4 is 4.90 Å². The summed E-state index contributed by atoms with van der Waals surface area (Å²) in [6, 6.07) is 10.6. The molecule has 11 atom stereocenters. The average Bonchev–Trinajstić information content (AvgIpc) is 3.35. The summed E-state index contributed by atoms with van der Waals surface area (Å²) in [6.07, 6.45) is 1.66. The monoisotopic (exact) mass is 713 g/mol. The molecule has 2 aromatic rings. The van der Waals surface area contributed by atoms with Crippen molar-refractivity contribution in [3.8, 4) is 0 Å². The Kier molecular flexibility index (Phi) is 9.67. The molecule has 276 valence electrons. The molecule has 6 rings (SSSR count). The number of fused-ring (bicyclic) bond motifs is 6. The summed E-state index contributed by atoms with van der Waals surface area (Å²) in [4.78, 5) is 15.5. The van der Waals surface area contributed by atoms with E-state index in [1.165, 1.54) is 0 Å². The molecular weight excluding hydrogens is 658 g/mol. The molecule has 2 aromatic carbocycles. The molecule has 0 aliphatic heterocycles. The molecule has 0 aromatic heterocycles. The first kappa shape index (κ1) is 37.4. The van der Waals surface area contributed by atoms with Crippen molar-refractivity contribution in [2.45, 2.75) is 113 Å². The van der Waals surface area contributed by atoms with Gasteiger partial charge in [0.1, 0.15) is 4.90 Å². The zero-order valence-corrected chi connectivity index (χ0v) is 31.0. The van der Waals surface area contributed by atoms with Crippen LogP contribution in [0, 0.1) is 34.5 Å². The zero-order valence-electron chi connectivity index (χ0n) is 30.2. The molecule has 0 heterocycles. The number of allylic oxidation sites excluding steroid dienone is 1. The zero-order chi connectivity index (χ0) is 36.6. The van der Waals surface area contributed by atoms with Crippen molar-refractivity contribution in [1.82, 2.24) is 0 Å². The van der Waals surface area contributed by atoms with Crippen molar-refractivity contribution < 1.29 is 42.9 Å². The predicted molar refractivity (Wildman–Crippen MR) is 191 cm³/mol. The van der Waals surface area contributed by atoms with E-state index < -0.39 is 62.3 Å². The van der Waals surface area contributed by atoms with Gasteiger partial charge in [0.25, 0.3) is 10.1 Å². The van der Waals surface area contributed by atoms with Crippen LogP contribution in [0.15, 0.2) is 52.9 Å². The highest BCUT2D eigenvalue weighted by Gasteiger charge is 2.69. The second kappa shape index (κ2) is 12.9. The van der Waals surface area contributed by atoms with Gasteiger partial charge in [0.05, 0.1) is 36.1 Å². The standard InChI is InChI=1S/C39H55NO9S/c1-23(22-49-50(47,48)33-12-8-9-24-25(33)10-7-11-29(24)40(5)6)13-14-35(44)38(4,45)34-16-18-39(46)27-19-30(41)28-20-31(42)32(43)21-36(28,2)26(27)15-17-37(34,39)3/h7-12,19,23,26,28,31-32,34-35,42-46H,13-18,20-22H2,1-6H3/t23?,26?,28-,31+,32-,34?,35+,36?,37?,38-,39+/m0/s1. The Labute approximate surface area is 296 Å². The first-order valence-electron chi connectivity index (χ1n) is 18.1. The van der Waals surface area contributed by atoms with E-state index in [0.29, 0.717) is 43.1 Å². The van der Waals surface area contributed by atoms with Gasteiger partial charge in [0.15, 0.2) is 5.78 Å². The molecule has 11 heteroatoms. The van der Waals surface area contributed by atoms with Gasteiger partial charge in [-0.05, 0) is 105 Å². The van der Waals surface area contributed by atoms with Crippen molar-refractivity contribution in [2.75, 3.05) is 25.6 Å². The highest BCUT2D eigenvalue weighted by atomic mass is 32.2. The van der Waals surface area contributed by atoms with Gasteiger partial charge >= 0.3 is 0 Å². The van der Waals surface area contributed by atoms with E-state index in [9.17, 15) is 38.7 Å². The third-order valence-electron chi connectivity index (χ3n) is 13.5. The normalized spacial score (nSPS) is 36.5. The van der Waals surface area contributed by atoms with Gasteiger partial charge in [-0.3, -0.25) is 8.98 Å².